The fraction of sp³-hybridized carbons (Fsp3) is 0.409. The molecule has 0 bridgehead atoms. The maximum Gasteiger partial charge on any atom is 0.339 e. The highest BCUT2D eigenvalue weighted by Crippen LogP contribution is 2.22. The molecule has 0 aliphatic rings. The minimum Gasteiger partial charge on any atom is -0.379 e. The van der Waals surface area contributed by atoms with Gasteiger partial charge in [-0.3, -0.25) is 4.79 Å². The quantitative estimate of drug-likeness (QED) is 0.547. The van der Waals surface area contributed by atoms with E-state index in [2.05, 4.69) is 0 Å². The first-order valence-electron chi connectivity index (χ1n) is 9.70. The van der Waals surface area contributed by atoms with Crippen molar-refractivity contribution in [1.29, 1.82) is 0 Å². The fourth-order valence-corrected chi connectivity index (χ4v) is 3.77. The number of amides is 1. The van der Waals surface area contributed by atoms with E-state index in [-0.39, 0.29) is 28.5 Å². The third kappa shape index (κ3) is 6.56. The summed E-state index contributed by atoms with van der Waals surface area (Å²) in [7, 11) is -4.08. The van der Waals surface area contributed by atoms with Crippen molar-refractivity contribution in [1.82, 2.24) is 4.90 Å². The Morgan fingerprint density at radius 1 is 1.10 bits per heavy atom. The molecule has 0 spiro atoms. The van der Waals surface area contributed by atoms with Gasteiger partial charge in [0.25, 0.3) is 0 Å². The molecule has 1 atom stereocenters. The highest BCUT2D eigenvalue weighted by atomic mass is 32.2. The fourth-order valence-electron chi connectivity index (χ4n) is 2.85. The normalized spacial score (nSPS) is 12.6. The van der Waals surface area contributed by atoms with Crippen molar-refractivity contribution in [3.05, 3.63) is 59.9 Å². The van der Waals surface area contributed by atoms with E-state index in [1.54, 1.807) is 12.1 Å². The van der Waals surface area contributed by atoms with Gasteiger partial charge >= 0.3 is 10.1 Å². The molecular weight excluding hydrogens is 393 g/mol. The van der Waals surface area contributed by atoms with Gasteiger partial charge in [0.15, 0.2) is 0 Å². The van der Waals surface area contributed by atoms with E-state index in [1.165, 1.54) is 6.07 Å². The van der Waals surface area contributed by atoms with Crippen LogP contribution < -0.4 is 4.18 Å². The molecule has 2 aromatic carbocycles. The second kappa shape index (κ2) is 9.87. The standard InChI is InChI=1S/C22H28FNO4S/c1-5-17(4)24(22(25)13-16(2)3)15-18-7-6-8-20(14-18)28-29(26,27)21-11-9-19(23)10-12-21/h6-12,14,16-17H,5,13,15H2,1-4H3/t17-/m0/s1. The molecule has 0 heterocycles. The van der Waals surface area contributed by atoms with Crippen molar-refractivity contribution in [3.63, 3.8) is 0 Å². The molecule has 2 aromatic rings. The molecule has 0 aliphatic carbocycles. The predicted molar refractivity (Wildman–Crippen MR) is 110 cm³/mol. The highest BCUT2D eigenvalue weighted by molar-refractivity contribution is 7.87. The molecule has 5 nitrogen and oxygen atoms in total. The minimum atomic E-state index is -4.08. The topological polar surface area (TPSA) is 63.7 Å². The summed E-state index contributed by atoms with van der Waals surface area (Å²) in [5.41, 5.74) is 0.772. The summed E-state index contributed by atoms with van der Waals surface area (Å²) >= 11 is 0. The lowest BCUT2D eigenvalue weighted by atomic mass is 10.1. The van der Waals surface area contributed by atoms with Crippen molar-refractivity contribution in [3.8, 4) is 5.75 Å². The summed E-state index contributed by atoms with van der Waals surface area (Å²) in [6.45, 7) is 8.39. The van der Waals surface area contributed by atoms with Crippen LogP contribution in [0.2, 0.25) is 0 Å². The zero-order chi connectivity index (χ0) is 21.6. The van der Waals surface area contributed by atoms with Gasteiger partial charge in [-0.25, -0.2) is 4.39 Å². The summed E-state index contributed by atoms with van der Waals surface area (Å²) < 4.78 is 43.1. The maximum atomic E-state index is 13.0. The predicted octanol–water partition coefficient (Wildman–Crippen LogP) is 4.77. The molecule has 1 amide bonds. The average Bonchev–Trinajstić information content (AvgIpc) is 2.65. The van der Waals surface area contributed by atoms with Crippen LogP contribution in [0.25, 0.3) is 0 Å². The van der Waals surface area contributed by atoms with E-state index >= 15 is 0 Å². The Labute approximate surface area is 172 Å². The average molecular weight is 422 g/mol. The smallest absolute Gasteiger partial charge is 0.339 e. The Kier molecular flexibility index (Phi) is 7.79. The Morgan fingerprint density at radius 2 is 1.76 bits per heavy atom. The second-order valence-corrected chi connectivity index (χ2v) is 9.06. The van der Waals surface area contributed by atoms with E-state index in [4.69, 9.17) is 4.18 Å². The van der Waals surface area contributed by atoms with Gasteiger partial charge < -0.3 is 9.08 Å². The summed E-state index contributed by atoms with van der Waals surface area (Å²) in [4.78, 5) is 14.3. The third-order valence-corrected chi connectivity index (χ3v) is 5.85. The number of carbonyl (C=O) groups is 1. The van der Waals surface area contributed by atoms with Crippen LogP contribution in [0.5, 0.6) is 5.75 Å². The number of hydrogen-bond acceptors (Lipinski definition) is 4. The lowest BCUT2D eigenvalue weighted by Gasteiger charge is -2.29. The van der Waals surface area contributed by atoms with E-state index in [9.17, 15) is 17.6 Å². The molecule has 158 valence electrons. The Balaban J connectivity index is 2.21. The Morgan fingerprint density at radius 3 is 2.34 bits per heavy atom. The van der Waals surface area contributed by atoms with Gasteiger partial charge in [0.05, 0.1) is 0 Å². The SMILES string of the molecule is CC[C@H](C)N(Cc1cccc(OS(=O)(=O)c2ccc(F)cc2)c1)C(=O)CC(C)C. The molecular formula is C22H28FNO4S. The second-order valence-electron chi connectivity index (χ2n) is 7.52. The van der Waals surface area contributed by atoms with Crippen molar-refractivity contribution < 1.29 is 21.8 Å². The molecule has 29 heavy (non-hydrogen) atoms. The monoisotopic (exact) mass is 421 g/mol. The molecule has 7 heteroatoms. The van der Waals surface area contributed by atoms with Gasteiger partial charge in [0, 0.05) is 19.0 Å². The largest absolute Gasteiger partial charge is 0.379 e. The number of hydrogen-bond donors (Lipinski definition) is 0. The molecule has 0 fully saturated rings. The van der Waals surface area contributed by atoms with Crippen LogP contribution in [0.1, 0.15) is 46.1 Å². The number of rotatable bonds is 9. The van der Waals surface area contributed by atoms with Crippen LogP contribution >= 0.6 is 0 Å². The molecule has 0 N–H and O–H groups in total. The lowest BCUT2D eigenvalue weighted by molar-refractivity contribution is -0.134. The van der Waals surface area contributed by atoms with Crippen LogP contribution in [0.15, 0.2) is 53.4 Å². The zero-order valence-electron chi connectivity index (χ0n) is 17.3. The Hall–Kier alpha value is -2.41. The lowest BCUT2D eigenvalue weighted by Crippen LogP contribution is -2.38. The van der Waals surface area contributed by atoms with Crippen molar-refractivity contribution in [2.75, 3.05) is 0 Å². The zero-order valence-corrected chi connectivity index (χ0v) is 18.1. The van der Waals surface area contributed by atoms with Crippen molar-refractivity contribution in [2.45, 2.75) is 58.0 Å². The number of halogens is 1. The van der Waals surface area contributed by atoms with Gasteiger partial charge in [-0.15, -0.1) is 0 Å². The molecule has 0 unspecified atom stereocenters. The van der Waals surface area contributed by atoms with E-state index in [1.807, 2.05) is 38.7 Å². The molecule has 0 aliphatic heterocycles. The van der Waals surface area contributed by atoms with Crippen LogP contribution in [-0.4, -0.2) is 25.3 Å². The summed E-state index contributed by atoms with van der Waals surface area (Å²) in [6.07, 6.45) is 1.28. The van der Waals surface area contributed by atoms with Crippen LogP contribution in [0.3, 0.4) is 0 Å². The highest BCUT2D eigenvalue weighted by Gasteiger charge is 2.21. The summed E-state index contributed by atoms with van der Waals surface area (Å²) in [6, 6.07) is 11.2. The number of nitrogens with zero attached hydrogens (tertiary/aromatic N) is 1. The molecule has 0 saturated carbocycles. The first-order chi connectivity index (χ1) is 13.6. The van der Waals surface area contributed by atoms with Crippen molar-refractivity contribution >= 4 is 16.0 Å². The van der Waals surface area contributed by atoms with Crippen molar-refractivity contribution in [2.24, 2.45) is 5.92 Å². The first-order valence-corrected chi connectivity index (χ1v) is 11.1. The third-order valence-electron chi connectivity index (χ3n) is 4.59. The number of benzene rings is 2. The van der Waals surface area contributed by atoms with Crippen LogP contribution in [-0.2, 0) is 21.5 Å². The molecule has 0 radical (unpaired) electrons. The molecule has 2 rings (SSSR count). The maximum absolute atomic E-state index is 13.0. The van der Waals surface area contributed by atoms with Gasteiger partial charge in [0.2, 0.25) is 5.91 Å². The van der Waals surface area contributed by atoms with E-state index in [0.29, 0.717) is 13.0 Å². The first kappa shape index (κ1) is 22.9. The van der Waals surface area contributed by atoms with E-state index in [0.717, 1.165) is 36.2 Å². The molecule has 0 aromatic heterocycles. The van der Waals surface area contributed by atoms with Gasteiger partial charge in [-0.05, 0) is 61.2 Å². The van der Waals surface area contributed by atoms with Crippen LogP contribution in [0, 0.1) is 11.7 Å². The minimum absolute atomic E-state index is 0.0637. The summed E-state index contributed by atoms with van der Waals surface area (Å²) in [5.74, 6) is -0.0569. The number of carbonyl (C=O) groups excluding carboxylic acids is 1. The van der Waals surface area contributed by atoms with E-state index < -0.39 is 15.9 Å². The van der Waals surface area contributed by atoms with Gasteiger partial charge in [-0.2, -0.15) is 8.42 Å². The Bertz CT molecular complexity index is 926. The molecule has 0 saturated heterocycles. The summed E-state index contributed by atoms with van der Waals surface area (Å²) in [5, 5.41) is 0. The van der Waals surface area contributed by atoms with Gasteiger partial charge in [-0.1, -0.05) is 32.9 Å². The van der Waals surface area contributed by atoms with Gasteiger partial charge in [0.1, 0.15) is 16.5 Å². The van der Waals surface area contributed by atoms with Crippen LogP contribution in [0.4, 0.5) is 4.39 Å².